The van der Waals surface area contributed by atoms with Crippen LogP contribution in [-0.4, -0.2) is 39.6 Å². The zero-order valence-corrected chi connectivity index (χ0v) is 13.4. The lowest BCUT2D eigenvalue weighted by Crippen LogP contribution is -2.36. The second-order valence-electron chi connectivity index (χ2n) is 6.42. The van der Waals surface area contributed by atoms with E-state index < -0.39 is 0 Å². The van der Waals surface area contributed by atoms with Gasteiger partial charge in [-0.15, -0.1) is 0 Å². The second kappa shape index (κ2) is 7.06. The number of hydrogen-bond acceptors (Lipinski definition) is 3. The Balaban J connectivity index is 2.49. The van der Waals surface area contributed by atoms with E-state index in [2.05, 4.69) is 61.4 Å². The van der Waals surface area contributed by atoms with Crippen LogP contribution in [0.5, 0.6) is 0 Å². The van der Waals surface area contributed by atoms with E-state index >= 15 is 0 Å². The molecule has 0 spiro atoms. The molecule has 0 aliphatic rings. The fourth-order valence-electron chi connectivity index (χ4n) is 1.85. The maximum Gasteiger partial charge on any atom is 0.0949 e. The molecule has 0 aliphatic carbocycles. The van der Waals surface area contributed by atoms with Gasteiger partial charge in [-0.3, -0.25) is 0 Å². The molecule has 0 bridgehead atoms. The molecule has 4 heteroatoms. The summed E-state index contributed by atoms with van der Waals surface area (Å²) >= 11 is 0. The molecule has 110 valence electrons. The van der Waals surface area contributed by atoms with Gasteiger partial charge in [0.25, 0.3) is 0 Å². The van der Waals surface area contributed by atoms with E-state index in [4.69, 9.17) is 0 Å². The van der Waals surface area contributed by atoms with Crippen molar-refractivity contribution in [2.75, 3.05) is 13.6 Å². The van der Waals surface area contributed by atoms with Gasteiger partial charge in [0.1, 0.15) is 0 Å². The van der Waals surface area contributed by atoms with Gasteiger partial charge in [-0.25, -0.2) is 4.98 Å². The Morgan fingerprint density at radius 3 is 2.68 bits per heavy atom. The summed E-state index contributed by atoms with van der Waals surface area (Å²) in [5.74, 6) is 0. The SMILES string of the molecule is CCC(C)N(C)CCn1cncc1CNC(C)(C)C. The predicted octanol–water partition coefficient (Wildman–Crippen LogP) is 2.50. The first-order valence-corrected chi connectivity index (χ1v) is 7.27. The Bertz CT molecular complexity index is 364. The zero-order valence-electron chi connectivity index (χ0n) is 13.4. The van der Waals surface area contributed by atoms with E-state index in [0.29, 0.717) is 6.04 Å². The summed E-state index contributed by atoms with van der Waals surface area (Å²) in [5.41, 5.74) is 1.40. The maximum absolute atomic E-state index is 4.27. The Hall–Kier alpha value is -0.870. The molecule has 0 aromatic carbocycles. The third-order valence-electron chi connectivity index (χ3n) is 3.64. The summed E-state index contributed by atoms with van der Waals surface area (Å²) in [4.78, 5) is 6.67. The first-order chi connectivity index (χ1) is 8.83. The maximum atomic E-state index is 4.27. The number of hydrogen-bond donors (Lipinski definition) is 1. The normalized spacial score (nSPS) is 14.1. The van der Waals surface area contributed by atoms with Gasteiger partial charge in [-0.1, -0.05) is 6.92 Å². The van der Waals surface area contributed by atoms with Crippen molar-refractivity contribution < 1.29 is 0 Å². The number of aromatic nitrogens is 2. The van der Waals surface area contributed by atoms with Crippen LogP contribution < -0.4 is 5.32 Å². The van der Waals surface area contributed by atoms with Crippen LogP contribution in [0.15, 0.2) is 12.5 Å². The quantitative estimate of drug-likeness (QED) is 0.823. The molecule has 4 nitrogen and oxygen atoms in total. The van der Waals surface area contributed by atoms with Crippen molar-refractivity contribution >= 4 is 0 Å². The largest absolute Gasteiger partial charge is 0.332 e. The summed E-state index contributed by atoms with van der Waals surface area (Å²) < 4.78 is 2.25. The van der Waals surface area contributed by atoms with E-state index in [1.54, 1.807) is 0 Å². The average molecular weight is 266 g/mol. The van der Waals surface area contributed by atoms with E-state index in [1.807, 2.05) is 12.5 Å². The van der Waals surface area contributed by atoms with Crippen molar-refractivity contribution in [2.24, 2.45) is 0 Å². The van der Waals surface area contributed by atoms with Crippen LogP contribution in [0.25, 0.3) is 0 Å². The van der Waals surface area contributed by atoms with Crippen LogP contribution in [0.2, 0.25) is 0 Å². The highest BCUT2D eigenvalue weighted by Gasteiger charge is 2.11. The average Bonchev–Trinajstić information content (AvgIpc) is 2.79. The highest BCUT2D eigenvalue weighted by Crippen LogP contribution is 2.06. The van der Waals surface area contributed by atoms with Crippen LogP contribution in [0, 0.1) is 0 Å². The highest BCUT2D eigenvalue weighted by molar-refractivity contribution is 4.99. The Morgan fingerprint density at radius 1 is 1.42 bits per heavy atom. The van der Waals surface area contributed by atoms with Crippen molar-refractivity contribution in [3.8, 4) is 0 Å². The first-order valence-electron chi connectivity index (χ1n) is 7.27. The monoisotopic (exact) mass is 266 g/mol. The summed E-state index contributed by atoms with van der Waals surface area (Å²) in [5, 5.41) is 3.51. The van der Waals surface area contributed by atoms with E-state index in [0.717, 1.165) is 19.6 Å². The smallest absolute Gasteiger partial charge is 0.0949 e. The van der Waals surface area contributed by atoms with Crippen molar-refractivity contribution in [1.82, 2.24) is 19.8 Å². The lowest BCUT2D eigenvalue weighted by atomic mass is 10.1. The van der Waals surface area contributed by atoms with Crippen LogP contribution in [0.3, 0.4) is 0 Å². The molecule has 1 unspecified atom stereocenters. The molecule has 0 fully saturated rings. The predicted molar refractivity (Wildman–Crippen MR) is 81.2 cm³/mol. The minimum absolute atomic E-state index is 0.141. The Morgan fingerprint density at radius 2 is 2.11 bits per heavy atom. The van der Waals surface area contributed by atoms with Crippen LogP contribution >= 0.6 is 0 Å². The number of imidazole rings is 1. The van der Waals surface area contributed by atoms with Crippen molar-refractivity contribution in [2.45, 2.75) is 65.7 Å². The molecule has 0 radical (unpaired) electrons. The molecule has 1 N–H and O–H groups in total. The molecule has 1 heterocycles. The summed E-state index contributed by atoms with van der Waals surface area (Å²) in [6.07, 6.45) is 5.09. The second-order valence-corrected chi connectivity index (χ2v) is 6.42. The van der Waals surface area contributed by atoms with Crippen molar-refractivity contribution in [1.29, 1.82) is 0 Å². The molecule has 0 saturated carbocycles. The molecule has 1 rings (SSSR count). The number of nitrogens with zero attached hydrogens (tertiary/aromatic N) is 3. The van der Waals surface area contributed by atoms with Gasteiger partial charge < -0.3 is 14.8 Å². The van der Waals surface area contributed by atoms with Gasteiger partial charge in [0.2, 0.25) is 0 Å². The molecule has 0 saturated heterocycles. The van der Waals surface area contributed by atoms with Gasteiger partial charge in [0.05, 0.1) is 12.0 Å². The topological polar surface area (TPSA) is 33.1 Å². The summed E-state index contributed by atoms with van der Waals surface area (Å²) in [6.45, 7) is 14.0. The van der Waals surface area contributed by atoms with Gasteiger partial charge >= 0.3 is 0 Å². The Kier molecular flexibility index (Phi) is 6.01. The third kappa shape index (κ3) is 5.74. The fourth-order valence-corrected chi connectivity index (χ4v) is 1.85. The standard InChI is InChI=1S/C15H30N4/c1-7-13(2)18(6)8-9-19-12-16-10-14(19)11-17-15(3,4)5/h10,12-13,17H,7-9,11H2,1-6H3. The molecule has 19 heavy (non-hydrogen) atoms. The number of likely N-dealkylation sites (N-methyl/N-ethyl adjacent to an activating group) is 1. The minimum Gasteiger partial charge on any atom is -0.332 e. The molecular formula is C15H30N4. The van der Waals surface area contributed by atoms with Gasteiger partial charge in [0, 0.05) is 37.4 Å². The van der Waals surface area contributed by atoms with E-state index in [9.17, 15) is 0 Å². The zero-order chi connectivity index (χ0) is 14.5. The fraction of sp³-hybridized carbons (Fsp3) is 0.800. The molecule has 0 aliphatic heterocycles. The van der Waals surface area contributed by atoms with Gasteiger partial charge in [-0.2, -0.15) is 0 Å². The van der Waals surface area contributed by atoms with Crippen LogP contribution in [0.1, 0.15) is 46.7 Å². The lowest BCUT2D eigenvalue weighted by Gasteiger charge is -2.24. The van der Waals surface area contributed by atoms with Crippen LogP contribution in [0.4, 0.5) is 0 Å². The summed E-state index contributed by atoms with van der Waals surface area (Å²) in [7, 11) is 2.19. The van der Waals surface area contributed by atoms with Crippen molar-refractivity contribution in [3.05, 3.63) is 18.2 Å². The summed E-state index contributed by atoms with van der Waals surface area (Å²) in [6, 6.07) is 0.639. The van der Waals surface area contributed by atoms with E-state index in [-0.39, 0.29) is 5.54 Å². The van der Waals surface area contributed by atoms with Crippen LogP contribution in [-0.2, 0) is 13.1 Å². The number of rotatable bonds is 7. The Labute approximate surface area is 118 Å². The highest BCUT2D eigenvalue weighted by atomic mass is 15.2. The molecule has 0 amide bonds. The van der Waals surface area contributed by atoms with Gasteiger partial charge in [0.15, 0.2) is 0 Å². The molecular weight excluding hydrogens is 236 g/mol. The number of nitrogens with one attached hydrogen (secondary N) is 1. The van der Waals surface area contributed by atoms with Crippen molar-refractivity contribution in [3.63, 3.8) is 0 Å². The van der Waals surface area contributed by atoms with Gasteiger partial charge in [-0.05, 0) is 41.2 Å². The molecule has 1 aromatic heterocycles. The molecule has 1 aromatic rings. The third-order valence-corrected chi connectivity index (χ3v) is 3.64. The van der Waals surface area contributed by atoms with E-state index in [1.165, 1.54) is 12.1 Å². The minimum atomic E-state index is 0.141. The lowest BCUT2D eigenvalue weighted by molar-refractivity contribution is 0.241. The molecule has 1 atom stereocenters. The first kappa shape index (κ1) is 16.2.